The second-order valence-electron chi connectivity index (χ2n) is 5.40. The largest absolute Gasteiger partial charge is 0.506 e. The number of azo groups is 1. The van der Waals surface area contributed by atoms with Gasteiger partial charge in [-0.2, -0.15) is 5.11 Å². The summed E-state index contributed by atoms with van der Waals surface area (Å²) in [6, 6.07) is 15.0. The van der Waals surface area contributed by atoms with Gasteiger partial charge in [-0.1, -0.05) is 23.8 Å². The molecule has 0 fully saturated rings. The van der Waals surface area contributed by atoms with Crippen LogP contribution < -0.4 is 5.73 Å². The molecule has 4 heteroatoms. The molecular weight excluding hydrogens is 274 g/mol. The van der Waals surface area contributed by atoms with Gasteiger partial charge in [0.05, 0.1) is 5.69 Å². The third-order valence-electron chi connectivity index (χ3n) is 3.61. The van der Waals surface area contributed by atoms with Crippen LogP contribution in [0.5, 0.6) is 5.75 Å². The van der Waals surface area contributed by atoms with Crippen LogP contribution in [-0.4, -0.2) is 5.11 Å². The standard InChI is InChI=1S/C18H17N3O/c1-11-3-4-13-5-8-17(22)18(15(13)9-11)21-20-16-7-6-14(19)10-12(16)2/h3-10,22H,19H2,1-2H3. The molecule has 0 bridgehead atoms. The van der Waals surface area contributed by atoms with Crippen molar-refractivity contribution in [3.63, 3.8) is 0 Å². The van der Waals surface area contributed by atoms with E-state index in [1.165, 1.54) is 0 Å². The van der Waals surface area contributed by atoms with Gasteiger partial charge in [-0.25, -0.2) is 0 Å². The number of nitrogens with zero attached hydrogens (tertiary/aromatic N) is 2. The molecule has 4 nitrogen and oxygen atoms in total. The molecule has 0 saturated heterocycles. The molecule has 0 atom stereocenters. The fourth-order valence-corrected chi connectivity index (χ4v) is 2.41. The summed E-state index contributed by atoms with van der Waals surface area (Å²) >= 11 is 0. The third-order valence-corrected chi connectivity index (χ3v) is 3.61. The summed E-state index contributed by atoms with van der Waals surface area (Å²) in [5.41, 5.74) is 9.70. The van der Waals surface area contributed by atoms with Crippen molar-refractivity contribution in [2.75, 3.05) is 5.73 Å². The zero-order valence-electron chi connectivity index (χ0n) is 12.5. The van der Waals surface area contributed by atoms with Gasteiger partial charge in [-0.05, 0) is 55.1 Å². The van der Waals surface area contributed by atoms with E-state index in [1.807, 2.05) is 50.2 Å². The van der Waals surface area contributed by atoms with Crippen LogP contribution in [0.2, 0.25) is 0 Å². The number of nitrogen functional groups attached to an aromatic ring is 1. The Balaban J connectivity index is 2.11. The summed E-state index contributed by atoms with van der Waals surface area (Å²) in [6.07, 6.45) is 0. The average molecular weight is 291 g/mol. The summed E-state index contributed by atoms with van der Waals surface area (Å²) < 4.78 is 0. The first kappa shape index (κ1) is 14.1. The molecule has 3 aromatic carbocycles. The molecule has 3 rings (SSSR count). The number of phenols is 1. The number of aromatic hydroxyl groups is 1. The molecular formula is C18H17N3O. The van der Waals surface area contributed by atoms with Gasteiger partial charge >= 0.3 is 0 Å². The molecule has 0 spiro atoms. The van der Waals surface area contributed by atoms with Gasteiger partial charge in [0.25, 0.3) is 0 Å². The van der Waals surface area contributed by atoms with Crippen molar-refractivity contribution < 1.29 is 5.11 Å². The lowest BCUT2D eigenvalue weighted by molar-refractivity contribution is 0.477. The highest BCUT2D eigenvalue weighted by atomic mass is 16.3. The summed E-state index contributed by atoms with van der Waals surface area (Å²) in [6.45, 7) is 3.94. The Labute approximate surface area is 128 Å². The smallest absolute Gasteiger partial charge is 0.143 e. The Kier molecular flexibility index (Phi) is 3.51. The Hall–Kier alpha value is -2.88. The second kappa shape index (κ2) is 5.48. The molecule has 110 valence electrons. The highest BCUT2D eigenvalue weighted by Gasteiger charge is 2.07. The van der Waals surface area contributed by atoms with Gasteiger partial charge in [0, 0.05) is 11.1 Å². The predicted molar refractivity (Wildman–Crippen MR) is 90.1 cm³/mol. The Bertz CT molecular complexity index is 880. The Morgan fingerprint density at radius 1 is 0.909 bits per heavy atom. The van der Waals surface area contributed by atoms with Gasteiger partial charge in [0.2, 0.25) is 0 Å². The minimum atomic E-state index is 0.120. The topological polar surface area (TPSA) is 71.0 Å². The van der Waals surface area contributed by atoms with E-state index in [0.29, 0.717) is 11.4 Å². The summed E-state index contributed by atoms with van der Waals surface area (Å²) in [5.74, 6) is 0.120. The van der Waals surface area contributed by atoms with Crippen molar-refractivity contribution in [1.29, 1.82) is 0 Å². The maximum absolute atomic E-state index is 10.1. The molecule has 22 heavy (non-hydrogen) atoms. The minimum absolute atomic E-state index is 0.120. The molecule has 0 saturated carbocycles. The van der Waals surface area contributed by atoms with Gasteiger partial charge in [-0.3, -0.25) is 0 Å². The number of aryl methyl sites for hydroxylation is 2. The number of hydrogen-bond donors (Lipinski definition) is 2. The molecule has 3 N–H and O–H groups in total. The number of nitrogens with two attached hydrogens (primary N) is 1. The van der Waals surface area contributed by atoms with E-state index in [2.05, 4.69) is 10.2 Å². The van der Waals surface area contributed by atoms with Gasteiger partial charge in [0.1, 0.15) is 11.4 Å². The first-order valence-electron chi connectivity index (χ1n) is 7.05. The summed E-state index contributed by atoms with van der Waals surface area (Å²) in [5, 5.41) is 20.6. The van der Waals surface area contributed by atoms with Crippen molar-refractivity contribution in [3.05, 3.63) is 59.7 Å². The average Bonchev–Trinajstić information content (AvgIpc) is 2.48. The van der Waals surface area contributed by atoms with Crippen LogP contribution in [0.15, 0.2) is 58.8 Å². The van der Waals surface area contributed by atoms with Gasteiger partial charge < -0.3 is 10.8 Å². The number of phenolic OH excluding ortho intramolecular Hbond substituents is 1. The number of hydrogen-bond acceptors (Lipinski definition) is 4. The number of rotatable bonds is 2. The van der Waals surface area contributed by atoms with Crippen LogP contribution in [0.1, 0.15) is 11.1 Å². The molecule has 0 amide bonds. The third kappa shape index (κ3) is 2.63. The van der Waals surface area contributed by atoms with Crippen molar-refractivity contribution in [3.8, 4) is 5.75 Å². The Morgan fingerprint density at radius 3 is 2.45 bits per heavy atom. The van der Waals surface area contributed by atoms with E-state index in [-0.39, 0.29) is 5.75 Å². The molecule has 0 unspecified atom stereocenters. The summed E-state index contributed by atoms with van der Waals surface area (Å²) in [7, 11) is 0. The molecule has 0 aliphatic rings. The maximum Gasteiger partial charge on any atom is 0.143 e. The van der Waals surface area contributed by atoms with E-state index in [1.54, 1.807) is 12.1 Å². The van der Waals surface area contributed by atoms with Crippen molar-refractivity contribution in [2.24, 2.45) is 10.2 Å². The van der Waals surface area contributed by atoms with Crippen LogP contribution >= 0.6 is 0 Å². The van der Waals surface area contributed by atoms with Crippen LogP contribution in [0.4, 0.5) is 17.1 Å². The zero-order chi connectivity index (χ0) is 15.7. The van der Waals surface area contributed by atoms with Crippen molar-refractivity contribution in [2.45, 2.75) is 13.8 Å². The predicted octanol–water partition coefficient (Wildman–Crippen LogP) is 5.16. The first-order chi connectivity index (χ1) is 10.5. The SMILES string of the molecule is Cc1ccc2ccc(O)c(N=Nc3ccc(N)cc3C)c2c1. The minimum Gasteiger partial charge on any atom is -0.506 e. The van der Waals surface area contributed by atoms with E-state index in [0.717, 1.165) is 27.6 Å². The lowest BCUT2D eigenvalue weighted by Gasteiger charge is -2.05. The molecule has 0 heterocycles. The van der Waals surface area contributed by atoms with E-state index in [9.17, 15) is 5.11 Å². The maximum atomic E-state index is 10.1. The Morgan fingerprint density at radius 2 is 1.68 bits per heavy atom. The second-order valence-corrected chi connectivity index (χ2v) is 5.40. The highest BCUT2D eigenvalue weighted by Crippen LogP contribution is 2.36. The normalized spacial score (nSPS) is 11.4. The van der Waals surface area contributed by atoms with Gasteiger partial charge in [-0.15, -0.1) is 5.11 Å². The van der Waals surface area contributed by atoms with E-state index in [4.69, 9.17) is 5.73 Å². The quantitative estimate of drug-likeness (QED) is 0.505. The van der Waals surface area contributed by atoms with Crippen LogP contribution in [0, 0.1) is 13.8 Å². The number of fused-ring (bicyclic) bond motifs is 1. The lowest BCUT2D eigenvalue weighted by Crippen LogP contribution is -1.84. The van der Waals surface area contributed by atoms with Crippen molar-refractivity contribution >= 4 is 27.8 Å². The van der Waals surface area contributed by atoms with Gasteiger partial charge in [0.15, 0.2) is 0 Å². The van der Waals surface area contributed by atoms with E-state index >= 15 is 0 Å². The first-order valence-corrected chi connectivity index (χ1v) is 7.05. The fraction of sp³-hybridized carbons (Fsp3) is 0.111. The van der Waals surface area contributed by atoms with Crippen molar-refractivity contribution in [1.82, 2.24) is 0 Å². The van der Waals surface area contributed by atoms with Crippen LogP contribution in [0.3, 0.4) is 0 Å². The molecule has 0 radical (unpaired) electrons. The molecule has 0 aliphatic carbocycles. The summed E-state index contributed by atoms with van der Waals surface area (Å²) in [4.78, 5) is 0. The lowest BCUT2D eigenvalue weighted by atomic mass is 10.1. The molecule has 3 aromatic rings. The van der Waals surface area contributed by atoms with Crippen LogP contribution in [-0.2, 0) is 0 Å². The monoisotopic (exact) mass is 291 g/mol. The fourth-order valence-electron chi connectivity index (χ4n) is 2.41. The van der Waals surface area contributed by atoms with Crippen LogP contribution in [0.25, 0.3) is 10.8 Å². The number of anilines is 1. The zero-order valence-corrected chi connectivity index (χ0v) is 12.5. The van der Waals surface area contributed by atoms with E-state index < -0.39 is 0 Å². The molecule has 0 aliphatic heterocycles. The number of benzene rings is 3. The molecule has 0 aromatic heterocycles. The highest BCUT2D eigenvalue weighted by molar-refractivity contribution is 5.95.